The normalized spacial score (nSPS) is 18.3. The first-order valence-corrected chi connectivity index (χ1v) is 10.00. The summed E-state index contributed by atoms with van der Waals surface area (Å²) in [4.78, 5) is 33.3. The first kappa shape index (κ1) is 21.5. The monoisotopic (exact) mass is 409 g/mol. The Morgan fingerprint density at radius 2 is 1.93 bits per heavy atom. The van der Waals surface area contributed by atoms with Crippen LogP contribution in [0.3, 0.4) is 0 Å². The standard InChI is InChI=1S/C23H27N3O4/c1-4-14-30-18-9-7-16(8-10-18)21(27)19-20(17-6-5-11-24-15-17)26(13-12-25(2)3)23(29)22(19)28/h5-11,15,20,27H,4,12-14H2,1-3H3/t20-/m1/s1. The number of carbonyl (C=O) groups excluding carboxylic acids is 2. The van der Waals surface area contributed by atoms with Gasteiger partial charge in [-0.2, -0.15) is 0 Å². The van der Waals surface area contributed by atoms with E-state index in [1.807, 2.05) is 25.9 Å². The van der Waals surface area contributed by atoms with E-state index in [4.69, 9.17) is 4.74 Å². The van der Waals surface area contributed by atoms with Crippen LogP contribution < -0.4 is 4.74 Å². The molecule has 0 bridgehead atoms. The fraction of sp³-hybridized carbons (Fsp3) is 0.348. The number of hydrogen-bond acceptors (Lipinski definition) is 6. The van der Waals surface area contributed by atoms with Gasteiger partial charge in [-0.05, 0) is 56.4 Å². The molecule has 1 aliphatic heterocycles. The van der Waals surface area contributed by atoms with Crippen LogP contribution in [0.15, 0.2) is 54.4 Å². The number of carbonyl (C=O) groups is 2. The number of nitrogens with zero attached hydrogens (tertiary/aromatic N) is 3. The fourth-order valence-electron chi connectivity index (χ4n) is 3.39. The van der Waals surface area contributed by atoms with Crippen molar-refractivity contribution in [3.05, 3.63) is 65.5 Å². The van der Waals surface area contributed by atoms with Gasteiger partial charge in [0.2, 0.25) is 0 Å². The van der Waals surface area contributed by atoms with Gasteiger partial charge in [-0.3, -0.25) is 14.6 Å². The van der Waals surface area contributed by atoms with Gasteiger partial charge in [-0.1, -0.05) is 13.0 Å². The maximum atomic E-state index is 12.9. The molecule has 0 radical (unpaired) electrons. The van der Waals surface area contributed by atoms with Crippen LogP contribution in [0, 0.1) is 0 Å². The van der Waals surface area contributed by atoms with Crippen LogP contribution in [0.1, 0.15) is 30.5 Å². The molecule has 7 heteroatoms. The summed E-state index contributed by atoms with van der Waals surface area (Å²) >= 11 is 0. The Balaban J connectivity index is 2.03. The van der Waals surface area contributed by atoms with E-state index >= 15 is 0 Å². The number of likely N-dealkylation sites (N-methyl/N-ethyl adjacent to an activating group) is 1. The minimum Gasteiger partial charge on any atom is -0.507 e. The van der Waals surface area contributed by atoms with Crippen molar-refractivity contribution in [1.29, 1.82) is 0 Å². The summed E-state index contributed by atoms with van der Waals surface area (Å²) in [7, 11) is 3.80. The maximum absolute atomic E-state index is 12.9. The molecule has 1 atom stereocenters. The van der Waals surface area contributed by atoms with Crippen molar-refractivity contribution in [2.75, 3.05) is 33.8 Å². The van der Waals surface area contributed by atoms with Gasteiger partial charge in [0.05, 0.1) is 18.2 Å². The molecular formula is C23H27N3O4. The Bertz CT molecular complexity index is 923. The third kappa shape index (κ3) is 4.52. The van der Waals surface area contributed by atoms with Crippen molar-refractivity contribution in [1.82, 2.24) is 14.8 Å². The molecule has 1 saturated heterocycles. The molecule has 2 heterocycles. The van der Waals surface area contributed by atoms with E-state index in [0.717, 1.165) is 6.42 Å². The average Bonchev–Trinajstić information content (AvgIpc) is 3.01. The number of likely N-dealkylation sites (tertiary alicyclic amines) is 1. The van der Waals surface area contributed by atoms with Crippen LogP contribution in [0.25, 0.3) is 5.76 Å². The van der Waals surface area contributed by atoms with E-state index in [1.165, 1.54) is 4.90 Å². The van der Waals surface area contributed by atoms with E-state index in [9.17, 15) is 14.7 Å². The Labute approximate surface area is 176 Å². The Kier molecular flexibility index (Phi) is 6.84. The van der Waals surface area contributed by atoms with Crippen LogP contribution in [0.5, 0.6) is 5.75 Å². The van der Waals surface area contributed by atoms with Crippen LogP contribution in [0.4, 0.5) is 0 Å². The lowest BCUT2D eigenvalue weighted by Gasteiger charge is -2.26. The Hall–Kier alpha value is -3.19. The minimum absolute atomic E-state index is 0.0778. The second-order valence-corrected chi connectivity index (χ2v) is 7.45. The summed E-state index contributed by atoms with van der Waals surface area (Å²) in [5, 5.41) is 11.0. The molecular weight excluding hydrogens is 382 g/mol. The lowest BCUT2D eigenvalue weighted by molar-refractivity contribution is -0.140. The van der Waals surface area contributed by atoms with E-state index in [1.54, 1.807) is 48.8 Å². The SMILES string of the molecule is CCCOc1ccc(C(O)=C2C(=O)C(=O)N(CCN(C)C)[C@@H]2c2cccnc2)cc1. The van der Waals surface area contributed by atoms with Gasteiger partial charge < -0.3 is 19.6 Å². The molecule has 2 aromatic rings. The largest absolute Gasteiger partial charge is 0.507 e. The lowest BCUT2D eigenvalue weighted by atomic mass is 9.96. The van der Waals surface area contributed by atoms with Crippen LogP contribution >= 0.6 is 0 Å². The van der Waals surface area contributed by atoms with Crippen molar-refractivity contribution in [3.63, 3.8) is 0 Å². The van der Waals surface area contributed by atoms with Crippen molar-refractivity contribution in [3.8, 4) is 5.75 Å². The topological polar surface area (TPSA) is 83.0 Å². The number of benzene rings is 1. The molecule has 30 heavy (non-hydrogen) atoms. The predicted molar refractivity (Wildman–Crippen MR) is 114 cm³/mol. The zero-order valence-corrected chi connectivity index (χ0v) is 17.5. The molecule has 7 nitrogen and oxygen atoms in total. The molecule has 0 unspecified atom stereocenters. The number of aromatic nitrogens is 1. The molecule has 1 aliphatic rings. The minimum atomic E-state index is -0.689. The van der Waals surface area contributed by atoms with Gasteiger partial charge in [0.25, 0.3) is 11.7 Å². The smallest absolute Gasteiger partial charge is 0.295 e. The number of aliphatic hydroxyl groups is 1. The van der Waals surface area contributed by atoms with Crippen LogP contribution in [0.2, 0.25) is 0 Å². The first-order valence-electron chi connectivity index (χ1n) is 10.00. The molecule has 1 fully saturated rings. The number of ketones is 1. The number of ether oxygens (including phenoxy) is 1. The summed E-state index contributed by atoms with van der Waals surface area (Å²) in [6.45, 7) is 3.57. The maximum Gasteiger partial charge on any atom is 0.295 e. The zero-order valence-electron chi connectivity index (χ0n) is 17.5. The predicted octanol–water partition coefficient (Wildman–Crippen LogP) is 2.85. The van der Waals surface area contributed by atoms with Gasteiger partial charge in [0.15, 0.2) is 0 Å². The van der Waals surface area contributed by atoms with E-state index in [0.29, 0.717) is 36.6 Å². The van der Waals surface area contributed by atoms with E-state index in [2.05, 4.69) is 4.98 Å². The van der Waals surface area contributed by atoms with Crippen LogP contribution in [-0.4, -0.2) is 65.4 Å². The van der Waals surface area contributed by atoms with Gasteiger partial charge in [0, 0.05) is 31.0 Å². The Morgan fingerprint density at radius 3 is 2.53 bits per heavy atom. The number of amides is 1. The second-order valence-electron chi connectivity index (χ2n) is 7.45. The summed E-state index contributed by atoms with van der Waals surface area (Å²) in [6.07, 6.45) is 4.14. The van der Waals surface area contributed by atoms with Crippen LogP contribution in [-0.2, 0) is 9.59 Å². The summed E-state index contributed by atoms with van der Waals surface area (Å²) < 4.78 is 5.58. The van der Waals surface area contributed by atoms with Gasteiger partial charge in [0.1, 0.15) is 11.5 Å². The quantitative estimate of drug-likeness (QED) is 0.410. The summed E-state index contributed by atoms with van der Waals surface area (Å²) in [5.41, 5.74) is 1.22. The van der Waals surface area contributed by atoms with Gasteiger partial charge >= 0.3 is 0 Å². The third-order valence-corrected chi connectivity index (χ3v) is 4.93. The Morgan fingerprint density at radius 1 is 1.20 bits per heavy atom. The van der Waals surface area contributed by atoms with E-state index in [-0.39, 0.29) is 11.3 Å². The zero-order chi connectivity index (χ0) is 21.7. The number of pyridine rings is 1. The second kappa shape index (κ2) is 9.54. The van der Waals surface area contributed by atoms with Crippen molar-refractivity contribution in [2.24, 2.45) is 0 Å². The third-order valence-electron chi connectivity index (χ3n) is 4.93. The highest BCUT2D eigenvalue weighted by Gasteiger charge is 2.45. The molecule has 3 rings (SSSR count). The molecule has 0 saturated carbocycles. The molecule has 1 aromatic heterocycles. The molecule has 1 aromatic carbocycles. The number of aliphatic hydroxyl groups excluding tert-OH is 1. The molecule has 158 valence electrons. The lowest BCUT2D eigenvalue weighted by Crippen LogP contribution is -2.35. The average molecular weight is 409 g/mol. The number of hydrogen-bond donors (Lipinski definition) is 1. The van der Waals surface area contributed by atoms with Gasteiger partial charge in [-0.15, -0.1) is 0 Å². The highest BCUT2D eigenvalue weighted by atomic mass is 16.5. The van der Waals surface area contributed by atoms with Gasteiger partial charge in [-0.25, -0.2) is 0 Å². The molecule has 0 aliphatic carbocycles. The fourth-order valence-corrected chi connectivity index (χ4v) is 3.39. The number of rotatable bonds is 8. The van der Waals surface area contributed by atoms with Crippen molar-refractivity contribution < 1.29 is 19.4 Å². The first-order chi connectivity index (χ1) is 14.4. The molecule has 1 N–H and O–H groups in total. The summed E-state index contributed by atoms with van der Waals surface area (Å²) in [5.74, 6) is -0.818. The molecule has 1 amide bonds. The van der Waals surface area contributed by atoms with E-state index < -0.39 is 17.7 Å². The highest BCUT2D eigenvalue weighted by Crippen LogP contribution is 2.39. The molecule has 0 spiro atoms. The highest BCUT2D eigenvalue weighted by molar-refractivity contribution is 6.46. The summed E-state index contributed by atoms with van der Waals surface area (Å²) in [6, 6.07) is 9.73. The number of Topliss-reactive ketones (excluding diaryl/α,β-unsaturated/α-hetero) is 1. The van der Waals surface area contributed by atoms with Crippen molar-refractivity contribution >= 4 is 17.4 Å². The van der Waals surface area contributed by atoms with Crippen molar-refractivity contribution in [2.45, 2.75) is 19.4 Å².